The van der Waals surface area contributed by atoms with E-state index in [4.69, 9.17) is 10.8 Å². The second-order valence-corrected chi connectivity index (χ2v) is 11.0. The molecule has 13 nitrogen and oxygen atoms in total. The lowest BCUT2D eigenvalue weighted by atomic mass is 10.0. The van der Waals surface area contributed by atoms with Crippen molar-refractivity contribution in [1.29, 1.82) is 0 Å². The lowest BCUT2D eigenvalue weighted by Gasteiger charge is -2.24. The zero-order valence-corrected chi connectivity index (χ0v) is 25.1. The third-order valence-corrected chi connectivity index (χ3v) is 7.41. The maximum atomic E-state index is 13.7. The molecule has 0 aliphatic rings. The highest BCUT2D eigenvalue weighted by Crippen LogP contribution is 2.19. The Morgan fingerprint density at radius 3 is 2.18 bits per heavy atom. The minimum Gasteiger partial charge on any atom is -0.481 e. The van der Waals surface area contributed by atoms with Crippen LogP contribution in [0.2, 0.25) is 0 Å². The van der Waals surface area contributed by atoms with Crippen molar-refractivity contribution in [2.24, 2.45) is 5.73 Å². The van der Waals surface area contributed by atoms with Gasteiger partial charge in [0, 0.05) is 48.3 Å². The van der Waals surface area contributed by atoms with E-state index < -0.39 is 48.2 Å². The highest BCUT2D eigenvalue weighted by molar-refractivity contribution is 5.95. The fourth-order valence-electron chi connectivity index (χ4n) is 5.01. The first-order valence-corrected chi connectivity index (χ1v) is 15.1. The summed E-state index contributed by atoms with van der Waals surface area (Å²) in [6.07, 6.45) is 11.7. The zero-order chi connectivity index (χ0) is 31.9. The maximum absolute atomic E-state index is 13.7. The van der Waals surface area contributed by atoms with Crippen LogP contribution in [-0.4, -0.2) is 67.8 Å². The zero-order valence-electron chi connectivity index (χ0n) is 25.1. The molecule has 0 fully saturated rings. The van der Waals surface area contributed by atoms with Gasteiger partial charge in [-0.2, -0.15) is 0 Å². The highest BCUT2D eigenvalue weighted by atomic mass is 16.4. The Kier molecular flexibility index (Phi) is 13.4. The summed E-state index contributed by atoms with van der Waals surface area (Å²) in [5.74, 6) is -4.05. The maximum Gasteiger partial charge on any atom is 0.305 e. The molecule has 2 heterocycles. The van der Waals surface area contributed by atoms with Crippen LogP contribution < -0.4 is 21.7 Å². The van der Waals surface area contributed by atoms with Crippen LogP contribution >= 0.6 is 0 Å². The van der Waals surface area contributed by atoms with Gasteiger partial charge >= 0.3 is 5.97 Å². The second kappa shape index (κ2) is 17.4. The Labute approximate surface area is 256 Å². The fraction of sp³-hybridized carbons (Fsp3) is 0.484. The van der Waals surface area contributed by atoms with Gasteiger partial charge in [0.05, 0.1) is 12.7 Å². The van der Waals surface area contributed by atoms with Crippen molar-refractivity contribution in [3.8, 4) is 0 Å². The Morgan fingerprint density at radius 1 is 0.864 bits per heavy atom. The number of hydrogen-bond acceptors (Lipinski definition) is 6. The Morgan fingerprint density at radius 2 is 1.52 bits per heavy atom. The summed E-state index contributed by atoms with van der Waals surface area (Å²) < 4.78 is 0. The van der Waals surface area contributed by atoms with Gasteiger partial charge < -0.3 is 36.8 Å². The molecule has 4 amide bonds. The lowest BCUT2D eigenvalue weighted by molar-refractivity contribution is -0.140. The molecule has 238 valence electrons. The number of carboxylic acid groups (broad SMARTS) is 1. The van der Waals surface area contributed by atoms with Gasteiger partial charge in [-0.1, -0.05) is 63.6 Å². The van der Waals surface area contributed by atoms with E-state index in [1.807, 2.05) is 24.3 Å². The molecule has 0 spiro atoms. The number of carboxylic acids is 1. The number of nitrogens with one attached hydrogen (secondary N) is 5. The summed E-state index contributed by atoms with van der Waals surface area (Å²) in [6, 6.07) is 3.86. The van der Waals surface area contributed by atoms with Gasteiger partial charge in [0.15, 0.2) is 0 Å². The number of amides is 4. The van der Waals surface area contributed by atoms with Crippen LogP contribution in [0.25, 0.3) is 10.9 Å². The summed E-state index contributed by atoms with van der Waals surface area (Å²) >= 11 is 0. The summed E-state index contributed by atoms with van der Waals surface area (Å²) in [5.41, 5.74) is 7.50. The number of aliphatic carboxylic acids is 1. The summed E-state index contributed by atoms with van der Waals surface area (Å²) in [5, 5.41) is 17.9. The molecule has 44 heavy (non-hydrogen) atoms. The van der Waals surface area contributed by atoms with E-state index in [-0.39, 0.29) is 25.2 Å². The predicted octanol–water partition coefficient (Wildman–Crippen LogP) is 2.23. The SMILES string of the molecule is CCCCCCCCCC(=O)NC(Cc1c[nH]c2ccccc12)C(=O)NC(Cc1cnc[nH]1)C(=O)NC(CC(=O)O)C(N)=O. The number of aromatic amines is 2. The molecule has 8 N–H and O–H groups in total. The number of rotatable bonds is 20. The largest absolute Gasteiger partial charge is 0.481 e. The van der Waals surface area contributed by atoms with Crippen molar-refractivity contribution in [2.45, 2.75) is 95.7 Å². The Hall–Kier alpha value is -4.68. The third-order valence-electron chi connectivity index (χ3n) is 7.41. The van der Waals surface area contributed by atoms with Gasteiger partial charge in [-0.15, -0.1) is 0 Å². The number of hydrogen-bond donors (Lipinski definition) is 7. The summed E-state index contributed by atoms with van der Waals surface area (Å²) in [4.78, 5) is 73.0. The lowest BCUT2D eigenvalue weighted by Crippen LogP contribution is -2.57. The molecular formula is C31H43N7O6. The number of aromatic nitrogens is 3. The molecule has 0 saturated heterocycles. The van der Waals surface area contributed by atoms with Crippen molar-refractivity contribution in [2.75, 3.05) is 0 Å². The summed E-state index contributed by atoms with van der Waals surface area (Å²) in [6.45, 7) is 2.16. The molecule has 13 heteroatoms. The van der Waals surface area contributed by atoms with Crippen molar-refractivity contribution in [1.82, 2.24) is 30.9 Å². The number of nitrogens with two attached hydrogens (primary N) is 1. The van der Waals surface area contributed by atoms with E-state index in [1.54, 1.807) is 6.20 Å². The number of carbonyl (C=O) groups excluding carboxylic acids is 4. The van der Waals surface area contributed by atoms with Gasteiger partial charge in [0.25, 0.3) is 0 Å². The molecule has 2 aromatic heterocycles. The van der Waals surface area contributed by atoms with Crippen molar-refractivity contribution in [3.05, 3.63) is 54.2 Å². The molecule has 1 aromatic carbocycles. The van der Waals surface area contributed by atoms with E-state index in [0.717, 1.165) is 35.7 Å². The fourth-order valence-corrected chi connectivity index (χ4v) is 5.01. The number of primary amides is 1. The van der Waals surface area contributed by atoms with Gasteiger partial charge in [-0.05, 0) is 18.1 Å². The Balaban J connectivity index is 1.76. The van der Waals surface area contributed by atoms with Gasteiger partial charge in [-0.25, -0.2) is 4.98 Å². The number of imidazole rings is 1. The average Bonchev–Trinajstić information content (AvgIpc) is 3.65. The third kappa shape index (κ3) is 10.9. The second-order valence-electron chi connectivity index (χ2n) is 11.0. The van der Waals surface area contributed by atoms with E-state index >= 15 is 0 Å². The Bertz CT molecular complexity index is 1390. The smallest absolute Gasteiger partial charge is 0.305 e. The minimum absolute atomic E-state index is 0.0398. The molecule has 0 aliphatic carbocycles. The number of para-hydroxylation sites is 1. The van der Waals surface area contributed by atoms with Crippen LogP contribution in [0.5, 0.6) is 0 Å². The number of benzene rings is 1. The number of unbranched alkanes of at least 4 members (excludes halogenated alkanes) is 6. The first kappa shape index (κ1) is 33.8. The number of fused-ring (bicyclic) bond motifs is 1. The normalized spacial score (nSPS) is 13.1. The highest BCUT2D eigenvalue weighted by Gasteiger charge is 2.31. The van der Waals surface area contributed by atoms with Gasteiger partial charge in [0.2, 0.25) is 23.6 Å². The van der Waals surface area contributed by atoms with Gasteiger partial charge in [-0.3, -0.25) is 24.0 Å². The standard InChI is InChI=1S/C31H43N7O6/c1-2-3-4-5-6-7-8-13-27(39)36-25(14-20-17-34-23-12-10-9-11-22(20)23)30(43)38-26(15-21-18-33-19-35-21)31(44)37-24(29(32)42)16-28(40)41/h9-12,17-19,24-26,34H,2-8,13-16H2,1H3,(H2,32,42)(H,33,35)(H,36,39)(H,37,44)(H,38,43)(H,40,41). The summed E-state index contributed by atoms with van der Waals surface area (Å²) in [7, 11) is 0. The quantitative estimate of drug-likeness (QED) is 0.0948. The number of nitrogens with zero attached hydrogens (tertiary/aromatic N) is 1. The molecule has 3 atom stereocenters. The molecule has 3 unspecified atom stereocenters. The topological polar surface area (TPSA) is 212 Å². The van der Waals surface area contributed by atoms with Gasteiger partial charge in [0.1, 0.15) is 18.1 Å². The molecule has 3 aromatic rings. The predicted molar refractivity (Wildman–Crippen MR) is 164 cm³/mol. The first-order valence-electron chi connectivity index (χ1n) is 15.1. The van der Waals surface area contributed by atoms with E-state index in [1.165, 1.54) is 31.8 Å². The number of carbonyl (C=O) groups is 5. The van der Waals surface area contributed by atoms with Crippen LogP contribution in [0.4, 0.5) is 0 Å². The number of H-pyrrole nitrogens is 2. The van der Waals surface area contributed by atoms with E-state index in [0.29, 0.717) is 12.1 Å². The van der Waals surface area contributed by atoms with Crippen LogP contribution in [0, 0.1) is 0 Å². The molecule has 0 aliphatic heterocycles. The molecule has 0 saturated carbocycles. The van der Waals surface area contributed by atoms with E-state index in [2.05, 4.69) is 37.8 Å². The molecule has 0 radical (unpaired) electrons. The monoisotopic (exact) mass is 609 g/mol. The van der Waals surface area contributed by atoms with Crippen LogP contribution in [0.3, 0.4) is 0 Å². The average molecular weight is 610 g/mol. The van der Waals surface area contributed by atoms with Crippen molar-refractivity contribution < 1.29 is 29.1 Å². The molecular weight excluding hydrogens is 566 g/mol. The van der Waals surface area contributed by atoms with Crippen LogP contribution in [0.1, 0.15) is 76.0 Å². The molecule has 3 rings (SSSR count). The van der Waals surface area contributed by atoms with E-state index in [9.17, 15) is 24.0 Å². The van der Waals surface area contributed by atoms with Crippen molar-refractivity contribution in [3.63, 3.8) is 0 Å². The molecule has 0 bridgehead atoms. The van der Waals surface area contributed by atoms with Crippen LogP contribution in [-0.2, 0) is 36.8 Å². The minimum atomic E-state index is -1.48. The first-order chi connectivity index (χ1) is 21.2. The van der Waals surface area contributed by atoms with Crippen LogP contribution in [0.15, 0.2) is 43.0 Å². The van der Waals surface area contributed by atoms with Crippen molar-refractivity contribution >= 4 is 40.5 Å².